The molecule has 0 aliphatic carbocycles. The van der Waals surface area contributed by atoms with Gasteiger partial charge in [0.1, 0.15) is 0 Å². The van der Waals surface area contributed by atoms with E-state index in [4.69, 9.17) is 0 Å². The van der Waals surface area contributed by atoms with E-state index in [0.717, 1.165) is 5.52 Å². The molecular formula is C23H14N2. The third-order valence-corrected chi connectivity index (χ3v) is 5.19. The predicted molar refractivity (Wildman–Crippen MR) is 105 cm³/mol. The van der Waals surface area contributed by atoms with Gasteiger partial charge in [-0.1, -0.05) is 48.5 Å². The first-order valence-electron chi connectivity index (χ1n) is 8.50. The summed E-state index contributed by atoms with van der Waals surface area (Å²) in [5.74, 6) is 0. The normalized spacial score (nSPS) is 12.0. The van der Waals surface area contributed by atoms with E-state index in [0.29, 0.717) is 0 Å². The number of benzene rings is 3. The van der Waals surface area contributed by atoms with Gasteiger partial charge in [-0.2, -0.15) is 0 Å². The van der Waals surface area contributed by atoms with Crippen molar-refractivity contribution in [3.05, 3.63) is 85.1 Å². The van der Waals surface area contributed by atoms with Crippen LogP contribution in [0.3, 0.4) is 0 Å². The Morgan fingerprint density at radius 2 is 1.40 bits per heavy atom. The van der Waals surface area contributed by atoms with Crippen LogP contribution in [0.15, 0.2) is 85.1 Å². The van der Waals surface area contributed by atoms with Gasteiger partial charge in [-0.3, -0.25) is 4.98 Å². The molecule has 0 unspecified atom stereocenters. The van der Waals surface area contributed by atoms with Gasteiger partial charge in [-0.15, -0.1) is 0 Å². The van der Waals surface area contributed by atoms with Gasteiger partial charge in [0, 0.05) is 27.7 Å². The molecule has 0 aliphatic rings. The minimum Gasteiger partial charge on any atom is -0.309 e. The molecule has 0 saturated heterocycles. The van der Waals surface area contributed by atoms with E-state index in [9.17, 15) is 0 Å². The second kappa shape index (κ2) is 4.58. The van der Waals surface area contributed by atoms with Crippen LogP contribution in [0.5, 0.6) is 0 Å². The van der Waals surface area contributed by atoms with Crippen molar-refractivity contribution < 1.29 is 0 Å². The highest BCUT2D eigenvalue weighted by Gasteiger charge is 2.13. The summed E-state index contributed by atoms with van der Waals surface area (Å²) in [6.07, 6.45) is 1.86. The van der Waals surface area contributed by atoms with E-state index in [1.165, 1.54) is 43.5 Å². The zero-order valence-corrected chi connectivity index (χ0v) is 13.5. The smallest absolute Gasteiger partial charge is 0.0709 e. The maximum Gasteiger partial charge on any atom is 0.0709 e. The highest BCUT2D eigenvalue weighted by molar-refractivity contribution is 6.23. The number of pyridine rings is 2. The second-order valence-electron chi connectivity index (χ2n) is 6.50. The highest BCUT2D eigenvalue weighted by Crippen LogP contribution is 2.37. The minimum atomic E-state index is 1.04. The molecule has 0 bridgehead atoms. The Hall–Kier alpha value is -3.39. The van der Waals surface area contributed by atoms with Crippen LogP contribution in [0.4, 0.5) is 0 Å². The summed E-state index contributed by atoms with van der Waals surface area (Å²) < 4.78 is 2.39. The summed E-state index contributed by atoms with van der Waals surface area (Å²) in [7, 11) is 0. The van der Waals surface area contributed by atoms with Gasteiger partial charge >= 0.3 is 0 Å². The molecule has 0 aliphatic heterocycles. The van der Waals surface area contributed by atoms with Gasteiger partial charge < -0.3 is 4.40 Å². The van der Waals surface area contributed by atoms with Crippen LogP contribution < -0.4 is 0 Å². The Morgan fingerprint density at radius 1 is 0.600 bits per heavy atom. The van der Waals surface area contributed by atoms with Crippen molar-refractivity contribution in [1.82, 2.24) is 9.38 Å². The van der Waals surface area contributed by atoms with E-state index >= 15 is 0 Å². The van der Waals surface area contributed by atoms with Crippen LogP contribution in [-0.2, 0) is 0 Å². The fourth-order valence-electron chi connectivity index (χ4n) is 4.15. The number of rotatable bonds is 0. The van der Waals surface area contributed by atoms with Crippen molar-refractivity contribution in [1.29, 1.82) is 0 Å². The summed E-state index contributed by atoms with van der Waals surface area (Å²) in [4.78, 5) is 4.56. The number of hydrogen-bond donors (Lipinski definition) is 0. The minimum absolute atomic E-state index is 1.04. The van der Waals surface area contributed by atoms with Gasteiger partial charge in [-0.25, -0.2) is 0 Å². The third kappa shape index (κ3) is 1.61. The maximum absolute atomic E-state index is 4.56. The molecule has 6 rings (SSSR count). The summed E-state index contributed by atoms with van der Waals surface area (Å²) in [6.45, 7) is 0. The monoisotopic (exact) mass is 318 g/mol. The lowest BCUT2D eigenvalue weighted by atomic mass is 10.0. The molecule has 3 aromatic heterocycles. The first kappa shape index (κ1) is 13.0. The SMILES string of the molecule is c1ccc2c(c1)cc1c3c4cccnc4ccc3c3ccccc3n21. The van der Waals surface area contributed by atoms with Crippen LogP contribution in [0.25, 0.3) is 49.0 Å². The van der Waals surface area contributed by atoms with Crippen LogP contribution in [0, 0.1) is 0 Å². The van der Waals surface area contributed by atoms with E-state index in [-0.39, 0.29) is 0 Å². The molecule has 2 nitrogen and oxygen atoms in total. The Bertz CT molecular complexity index is 1440. The molecule has 0 amide bonds. The molecule has 3 heterocycles. The zero-order chi connectivity index (χ0) is 16.4. The van der Waals surface area contributed by atoms with Crippen LogP contribution in [-0.4, -0.2) is 9.38 Å². The van der Waals surface area contributed by atoms with Gasteiger partial charge in [0.15, 0.2) is 0 Å². The molecule has 0 radical (unpaired) electrons. The van der Waals surface area contributed by atoms with Crippen LogP contribution in [0.1, 0.15) is 0 Å². The van der Waals surface area contributed by atoms with Crippen molar-refractivity contribution in [2.24, 2.45) is 0 Å². The fourth-order valence-corrected chi connectivity index (χ4v) is 4.15. The van der Waals surface area contributed by atoms with Gasteiger partial charge in [-0.05, 0) is 35.7 Å². The predicted octanol–water partition coefficient (Wildman–Crippen LogP) is 5.95. The lowest BCUT2D eigenvalue weighted by Gasteiger charge is -2.12. The molecule has 0 spiro atoms. The number of para-hydroxylation sites is 2. The Morgan fingerprint density at radius 3 is 2.36 bits per heavy atom. The summed E-state index contributed by atoms with van der Waals surface area (Å²) in [6, 6.07) is 28.1. The second-order valence-corrected chi connectivity index (χ2v) is 6.50. The first-order valence-corrected chi connectivity index (χ1v) is 8.50. The van der Waals surface area contributed by atoms with Gasteiger partial charge in [0.25, 0.3) is 0 Å². The van der Waals surface area contributed by atoms with Crippen molar-refractivity contribution in [3.63, 3.8) is 0 Å². The Balaban J connectivity index is 2.08. The van der Waals surface area contributed by atoms with Crippen LogP contribution in [0.2, 0.25) is 0 Å². The van der Waals surface area contributed by atoms with E-state index in [1.54, 1.807) is 0 Å². The lowest BCUT2D eigenvalue weighted by Crippen LogP contribution is -1.91. The van der Waals surface area contributed by atoms with Gasteiger partial charge in [0.2, 0.25) is 0 Å². The Labute approximate surface area is 143 Å². The van der Waals surface area contributed by atoms with Crippen molar-refractivity contribution >= 4 is 49.0 Å². The van der Waals surface area contributed by atoms with E-state index in [1.807, 2.05) is 12.3 Å². The average Bonchev–Trinajstić information content (AvgIpc) is 3.07. The fraction of sp³-hybridized carbons (Fsp3) is 0. The zero-order valence-electron chi connectivity index (χ0n) is 13.5. The standard InChI is InChI=1S/C23H14N2/c1-3-9-20-15(6-1)14-22-23-17(11-12-19-18(23)8-5-13-24-19)16-7-2-4-10-21(16)25(20)22/h1-14H. The molecule has 116 valence electrons. The summed E-state index contributed by atoms with van der Waals surface area (Å²) in [5.41, 5.74) is 4.77. The van der Waals surface area contributed by atoms with E-state index in [2.05, 4.69) is 82.2 Å². The molecular weight excluding hydrogens is 304 g/mol. The van der Waals surface area contributed by atoms with Crippen molar-refractivity contribution in [2.45, 2.75) is 0 Å². The molecule has 3 aromatic carbocycles. The average molecular weight is 318 g/mol. The van der Waals surface area contributed by atoms with E-state index < -0.39 is 0 Å². The van der Waals surface area contributed by atoms with Crippen molar-refractivity contribution in [2.75, 3.05) is 0 Å². The molecule has 0 fully saturated rings. The summed E-state index contributed by atoms with van der Waals surface area (Å²) >= 11 is 0. The number of fused-ring (bicyclic) bond motifs is 10. The number of hydrogen-bond acceptors (Lipinski definition) is 1. The number of aromatic nitrogens is 2. The summed E-state index contributed by atoms with van der Waals surface area (Å²) in [5, 5.41) is 6.31. The number of nitrogens with zero attached hydrogens (tertiary/aromatic N) is 2. The van der Waals surface area contributed by atoms with Gasteiger partial charge in [0.05, 0.1) is 22.1 Å². The lowest BCUT2D eigenvalue weighted by molar-refractivity contribution is 1.35. The molecule has 0 N–H and O–H groups in total. The highest BCUT2D eigenvalue weighted by atomic mass is 14.9. The van der Waals surface area contributed by atoms with Crippen LogP contribution >= 0.6 is 0 Å². The molecule has 0 atom stereocenters. The first-order chi connectivity index (χ1) is 12.4. The maximum atomic E-state index is 4.56. The molecule has 25 heavy (non-hydrogen) atoms. The molecule has 6 aromatic rings. The van der Waals surface area contributed by atoms with Crippen molar-refractivity contribution in [3.8, 4) is 0 Å². The quantitative estimate of drug-likeness (QED) is 0.316. The molecule has 2 heteroatoms. The third-order valence-electron chi connectivity index (χ3n) is 5.19. The topological polar surface area (TPSA) is 17.3 Å². The largest absolute Gasteiger partial charge is 0.309 e. The molecule has 0 saturated carbocycles. The Kier molecular flexibility index (Phi) is 2.37.